The molecule has 2 fully saturated rings. The smallest absolute Gasteiger partial charge is 0.323 e. The molecule has 3 heteroatoms. The van der Waals surface area contributed by atoms with E-state index in [9.17, 15) is 4.79 Å². The monoisotopic (exact) mass is 183 g/mol. The lowest BCUT2D eigenvalue weighted by molar-refractivity contribution is -0.156. The number of esters is 1. The second kappa shape index (κ2) is 4.09. The van der Waals surface area contributed by atoms with Crippen LogP contribution in [-0.4, -0.2) is 24.7 Å². The number of carbonyl (C=O) groups excluding carboxylic acids is 1. The molecule has 74 valence electrons. The highest BCUT2D eigenvalue weighted by Gasteiger charge is 2.27. The Bertz CT molecular complexity index is 183. The van der Waals surface area contributed by atoms with E-state index >= 15 is 0 Å². The van der Waals surface area contributed by atoms with Gasteiger partial charge in [0.1, 0.15) is 12.1 Å². The van der Waals surface area contributed by atoms with Crippen LogP contribution in [0.25, 0.3) is 0 Å². The lowest BCUT2D eigenvalue weighted by Gasteiger charge is -2.29. The molecule has 0 radical (unpaired) electrons. The van der Waals surface area contributed by atoms with Crippen LogP contribution in [-0.2, 0) is 9.53 Å². The number of hydrogen-bond donors (Lipinski definition) is 1. The van der Waals surface area contributed by atoms with E-state index in [1.54, 1.807) is 0 Å². The molecule has 2 rings (SSSR count). The van der Waals surface area contributed by atoms with Crippen LogP contribution in [0.1, 0.15) is 38.5 Å². The minimum atomic E-state index is -0.0237. The minimum absolute atomic E-state index is 0.0191. The molecule has 0 aromatic carbocycles. The van der Waals surface area contributed by atoms with E-state index in [1.165, 1.54) is 12.8 Å². The lowest BCUT2D eigenvalue weighted by Crippen LogP contribution is -2.43. The Morgan fingerprint density at radius 1 is 1.15 bits per heavy atom. The number of nitrogens with one attached hydrogen (secondary N) is 1. The molecule has 0 aromatic heterocycles. The normalized spacial score (nSPS) is 29.4. The van der Waals surface area contributed by atoms with Crippen LogP contribution < -0.4 is 5.32 Å². The Kier molecular flexibility index (Phi) is 2.83. The Morgan fingerprint density at radius 2 is 2.00 bits per heavy atom. The highest BCUT2D eigenvalue weighted by atomic mass is 16.5. The summed E-state index contributed by atoms with van der Waals surface area (Å²) >= 11 is 0. The van der Waals surface area contributed by atoms with Gasteiger partial charge in [-0.05, 0) is 38.6 Å². The maximum absolute atomic E-state index is 11.5. The Hall–Kier alpha value is -0.570. The van der Waals surface area contributed by atoms with E-state index < -0.39 is 0 Å². The molecule has 0 bridgehead atoms. The number of hydrogen-bond acceptors (Lipinski definition) is 3. The van der Waals surface area contributed by atoms with Gasteiger partial charge in [0.05, 0.1) is 0 Å². The molecule has 0 amide bonds. The van der Waals surface area contributed by atoms with Crippen molar-refractivity contribution in [2.24, 2.45) is 0 Å². The van der Waals surface area contributed by atoms with Crippen LogP contribution in [0.15, 0.2) is 0 Å². The van der Waals surface area contributed by atoms with Crippen LogP contribution in [0.4, 0.5) is 0 Å². The van der Waals surface area contributed by atoms with Crippen LogP contribution in [0, 0.1) is 0 Å². The Morgan fingerprint density at radius 3 is 2.54 bits per heavy atom. The van der Waals surface area contributed by atoms with Gasteiger partial charge < -0.3 is 10.1 Å². The first kappa shape index (κ1) is 9.00. The minimum Gasteiger partial charge on any atom is -0.461 e. The van der Waals surface area contributed by atoms with Gasteiger partial charge in [0.15, 0.2) is 0 Å². The van der Waals surface area contributed by atoms with Crippen LogP contribution in [0.5, 0.6) is 0 Å². The number of carbonyl (C=O) groups is 1. The summed E-state index contributed by atoms with van der Waals surface area (Å²) in [7, 11) is 0. The molecule has 1 atom stereocenters. The summed E-state index contributed by atoms with van der Waals surface area (Å²) in [4.78, 5) is 11.5. The molecule has 1 aliphatic carbocycles. The summed E-state index contributed by atoms with van der Waals surface area (Å²) in [6, 6.07) is -0.0191. The fourth-order valence-corrected chi connectivity index (χ4v) is 1.79. The van der Waals surface area contributed by atoms with Gasteiger partial charge in [0.2, 0.25) is 0 Å². The van der Waals surface area contributed by atoms with Crippen molar-refractivity contribution >= 4 is 5.97 Å². The van der Waals surface area contributed by atoms with Gasteiger partial charge in [-0.25, -0.2) is 0 Å². The molecule has 13 heavy (non-hydrogen) atoms. The fourth-order valence-electron chi connectivity index (χ4n) is 1.79. The van der Waals surface area contributed by atoms with Gasteiger partial charge in [-0.1, -0.05) is 6.42 Å². The Labute approximate surface area is 78.8 Å². The van der Waals surface area contributed by atoms with Crippen molar-refractivity contribution in [3.05, 3.63) is 0 Å². The van der Waals surface area contributed by atoms with E-state index in [-0.39, 0.29) is 18.1 Å². The van der Waals surface area contributed by atoms with Gasteiger partial charge in [-0.2, -0.15) is 0 Å². The topological polar surface area (TPSA) is 38.3 Å². The van der Waals surface area contributed by atoms with E-state index in [4.69, 9.17) is 4.74 Å². The van der Waals surface area contributed by atoms with E-state index in [0.717, 1.165) is 32.2 Å². The third-order valence-electron chi connectivity index (χ3n) is 2.93. The van der Waals surface area contributed by atoms with Gasteiger partial charge in [-0.3, -0.25) is 4.79 Å². The predicted octanol–water partition coefficient (Wildman–Crippen LogP) is 1.22. The van der Waals surface area contributed by atoms with Crippen molar-refractivity contribution in [2.45, 2.75) is 50.7 Å². The third-order valence-corrected chi connectivity index (χ3v) is 2.93. The van der Waals surface area contributed by atoms with Crippen molar-refractivity contribution in [3.8, 4) is 0 Å². The Balaban J connectivity index is 1.74. The van der Waals surface area contributed by atoms with Gasteiger partial charge >= 0.3 is 5.97 Å². The molecular weight excluding hydrogens is 166 g/mol. The second-order valence-electron chi connectivity index (χ2n) is 3.99. The maximum atomic E-state index is 11.5. The molecule has 0 aromatic rings. The first-order chi connectivity index (χ1) is 6.36. The van der Waals surface area contributed by atoms with Crippen molar-refractivity contribution in [1.82, 2.24) is 5.32 Å². The first-order valence-electron chi connectivity index (χ1n) is 5.30. The first-order valence-corrected chi connectivity index (χ1v) is 5.30. The van der Waals surface area contributed by atoms with Crippen molar-refractivity contribution < 1.29 is 9.53 Å². The van der Waals surface area contributed by atoms with Crippen molar-refractivity contribution in [2.75, 3.05) is 6.54 Å². The number of ether oxygens (including phenoxy) is 1. The third kappa shape index (κ3) is 2.21. The molecule has 1 aliphatic heterocycles. The molecule has 2 aliphatic rings. The van der Waals surface area contributed by atoms with Crippen LogP contribution in [0.2, 0.25) is 0 Å². The van der Waals surface area contributed by atoms with Crippen LogP contribution in [0.3, 0.4) is 0 Å². The summed E-state index contributed by atoms with van der Waals surface area (Å²) in [5, 5.41) is 3.20. The van der Waals surface area contributed by atoms with Gasteiger partial charge in [-0.15, -0.1) is 0 Å². The SMILES string of the molecule is O=C(OC1CCC1)[C@H]1CCCCN1. The van der Waals surface area contributed by atoms with Crippen LogP contribution >= 0.6 is 0 Å². The summed E-state index contributed by atoms with van der Waals surface area (Å²) in [5.41, 5.74) is 0. The zero-order valence-electron chi connectivity index (χ0n) is 7.92. The summed E-state index contributed by atoms with van der Waals surface area (Å²) in [5.74, 6) is -0.0237. The molecule has 0 unspecified atom stereocenters. The largest absolute Gasteiger partial charge is 0.461 e. The van der Waals surface area contributed by atoms with Gasteiger partial charge in [0, 0.05) is 0 Å². The molecule has 1 saturated carbocycles. The fraction of sp³-hybridized carbons (Fsp3) is 0.900. The zero-order chi connectivity index (χ0) is 9.10. The summed E-state index contributed by atoms with van der Waals surface area (Å²) in [6.45, 7) is 0.963. The summed E-state index contributed by atoms with van der Waals surface area (Å²) < 4.78 is 5.32. The number of rotatable bonds is 2. The highest BCUT2D eigenvalue weighted by Crippen LogP contribution is 2.23. The summed E-state index contributed by atoms with van der Waals surface area (Å²) in [6.07, 6.45) is 6.87. The van der Waals surface area contributed by atoms with E-state index in [2.05, 4.69) is 5.32 Å². The average molecular weight is 183 g/mol. The molecule has 0 spiro atoms. The highest BCUT2D eigenvalue weighted by molar-refractivity contribution is 5.76. The standard InChI is InChI=1S/C10H17NO2/c12-10(13-8-4-3-5-8)9-6-1-2-7-11-9/h8-9,11H,1-7H2/t9-/m1/s1. The average Bonchev–Trinajstić information content (AvgIpc) is 2.12. The molecule has 1 N–H and O–H groups in total. The number of piperidine rings is 1. The van der Waals surface area contributed by atoms with E-state index in [1.807, 2.05) is 0 Å². The molecule has 1 saturated heterocycles. The molecule has 3 nitrogen and oxygen atoms in total. The lowest BCUT2D eigenvalue weighted by atomic mass is 9.96. The second-order valence-corrected chi connectivity index (χ2v) is 3.99. The van der Waals surface area contributed by atoms with E-state index in [0.29, 0.717) is 0 Å². The van der Waals surface area contributed by atoms with Gasteiger partial charge in [0.25, 0.3) is 0 Å². The maximum Gasteiger partial charge on any atom is 0.323 e. The van der Waals surface area contributed by atoms with Crippen molar-refractivity contribution in [3.63, 3.8) is 0 Å². The van der Waals surface area contributed by atoms with Crippen molar-refractivity contribution in [1.29, 1.82) is 0 Å². The molecular formula is C10H17NO2. The molecule has 1 heterocycles. The quantitative estimate of drug-likeness (QED) is 0.654. The zero-order valence-corrected chi connectivity index (χ0v) is 7.92. The predicted molar refractivity (Wildman–Crippen MR) is 49.4 cm³/mol.